The molecule has 0 spiro atoms. The van der Waals surface area contributed by atoms with Crippen LogP contribution in [0, 0.1) is 13.8 Å². The largest absolute Gasteiger partial charge is 0.274 e. The normalized spacial score (nSPS) is 11.8. The van der Waals surface area contributed by atoms with Crippen LogP contribution in [0.4, 0.5) is 5.82 Å². The van der Waals surface area contributed by atoms with Crippen LogP contribution in [0.2, 0.25) is 4.47 Å². The Balaban J connectivity index is 2.39. The van der Waals surface area contributed by atoms with Gasteiger partial charge >= 0.3 is 0 Å². The molecule has 0 fully saturated rings. The van der Waals surface area contributed by atoms with E-state index < -0.39 is 10.0 Å². The van der Waals surface area contributed by atoms with E-state index in [4.69, 9.17) is 11.6 Å². The van der Waals surface area contributed by atoms with Crippen LogP contribution in [0.3, 0.4) is 0 Å². The van der Waals surface area contributed by atoms with Gasteiger partial charge < -0.3 is 0 Å². The lowest BCUT2D eigenvalue weighted by atomic mass is 10.5. The van der Waals surface area contributed by atoms with Gasteiger partial charge in [-0.1, -0.05) is 22.9 Å². The number of sulfonamides is 1. The van der Waals surface area contributed by atoms with Gasteiger partial charge in [0.1, 0.15) is 5.82 Å². The summed E-state index contributed by atoms with van der Waals surface area (Å²) in [5.41, 5.74) is 1.12. The molecular weight excluding hydrogens is 296 g/mol. The highest BCUT2D eigenvalue weighted by Crippen LogP contribution is 2.28. The molecule has 0 unspecified atom stereocenters. The van der Waals surface area contributed by atoms with Gasteiger partial charge in [-0.25, -0.2) is 13.4 Å². The molecule has 18 heavy (non-hydrogen) atoms. The van der Waals surface area contributed by atoms with Crippen LogP contribution >= 0.6 is 22.9 Å². The van der Waals surface area contributed by atoms with Crippen LogP contribution in [0.25, 0.3) is 0 Å². The lowest BCUT2D eigenvalue weighted by Crippen LogP contribution is -2.15. The first-order valence-electron chi connectivity index (χ1n) is 4.96. The lowest BCUT2D eigenvalue weighted by Gasteiger charge is -2.06. The zero-order valence-electron chi connectivity index (χ0n) is 9.93. The smallest absolute Gasteiger partial charge is 0.263 e. The highest BCUT2D eigenvalue weighted by Gasteiger charge is 2.22. The van der Waals surface area contributed by atoms with Crippen molar-refractivity contribution in [2.24, 2.45) is 7.05 Å². The number of hydrogen-bond acceptors (Lipinski definition) is 5. The molecule has 0 aliphatic rings. The fourth-order valence-electron chi connectivity index (χ4n) is 1.49. The second-order valence-electron chi connectivity index (χ2n) is 3.74. The van der Waals surface area contributed by atoms with Crippen molar-refractivity contribution in [1.82, 2.24) is 14.8 Å². The quantitative estimate of drug-likeness (QED) is 0.940. The fraction of sp³-hybridized carbons (Fsp3) is 0.333. The second-order valence-corrected chi connectivity index (χ2v) is 7.20. The summed E-state index contributed by atoms with van der Waals surface area (Å²) in [6.07, 6.45) is 0. The molecule has 2 heterocycles. The number of aromatic nitrogens is 3. The molecule has 0 saturated heterocycles. The van der Waals surface area contributed by atoms with Crippen molar-refractivity contribution in [3.8, 4) is 0 Å². The predicted octanol–water partition coefficient (Wildman–Crippen LogP) is 1.95. The van der Waals surface area contributed by atoms with Gasteiger partial charge in [-0.05, 0) is 13.8 Å². The summed E-state index contributed by atoms with van der Waals surface area (Å²) >= 11 is 6.64. The molecule has 6 nitrogen and oxygen atoms in total. The molecule has 98 valence electrons. The van der Waals surface area contributed by atoms with E-state index in [1.807, 2.05) is 0 Å². The maximum atomic E-state index is 12.2. The summed E-state index contributed by atoms with van der Waals surface area (Å²) in [7, 11) is -2.01. The Morgan fingerprint density at radius 1 is 1.44 bits per heavy atom. The molecule has 0 aromatic carbocycles. The molecule has 0 bridgehead atoms. The molecule has 9 heteroatoms. The van der Waals surface area contributed by atoms with E-state index in [0.717, 1.165) is 17.0 Å². The average molecular weight is 307 g/mol. The highest BCUT2D eigenvalue weighted by atomic mass is 35.5. The van der Waals surface area contributed by atoms with E-state index in [2.05, 4.69) is 14.8 Å². The molecular formula is C9H11ClN4O2S2. The van der Waals surface area contributed by atoms with E-state index in [0.29, 0.717) is 11.5 Å². The summed E-state index contributed by atoms with van der Waals surface area (Å²) < 4.78 is 28.6. The van der Waals surface area contributed by atoms with E-state index in [9.17, 15) is 8.42 Å². The first-order valence-corrected chi connectivity index (χ1v) is 7.64. The topological polar surface area (TPSA) is 76.9 Å². The Kier molecular flexibility index (Phi) is 3.35. The SMILES string of the molecule is Cc1cc(NS(=O)(=O)c2sc(Cl)nc2C)n(C)n1. The predicted molar refractivity (Wildman–Crippen MR) is 70.6 cm³/mol. The second kappa shape index (κ2) is 4.52. The van der Waals surface area contributed by atoms with E-state index >= 15 is 0 Å². The zero-order valence-corrected chi connectivity index (χ0v) is 12.3. The van der Waals surface area contributed by atoms with Crippen LogP contribution in [0.1, 0.15) is 11.4 Å². The Bertz CT molecular complexity index is 689. The molecule has 0 aliphatic carbocycles. The van der Waals surface area contributed by atoms with Crippen LogP contribution in [0.5, 0.6) is 0 Å². The van der Waals surface area contributed by atoms with Gasteiger partial charge in [0.05, 0.1) is 11.4 Å². The first-order chi connectivity index (χ1) is 8.29. The van der Waals surface area contributed by atoms with Gasteiger partial charge in [0, 0.05) is 13.1 Å². The van der Waals surface area contributed by atoms with Crippen LogP contribution < -0.4 is 4.72 Å². The van der Waals surface area contributed by atoms with Gasteiger partial charge in [-0.3, -0.25) is 9.40 Å². The van der Waals surface area contributed by atoms with Crippen LogP contribution in [0.15, 0.2) is 10.3 Å². The average Bonchev–Trinajstić information content (AvgIpc) is 2.70. The van der Waals surface area contributed by atoms with Crippen molar-refractivity contribution in [2.45, 2.75) is 18.1 Å². The molecule has 2 aromatic heterocycles. The van der Waals surface area contributed by atoms with Crippen molar-refractivity contribution in [3.63, 3.8) is 0 Å². The summed E-state index contributed by atoms with van der Waals surface area (Å²) in [6, 6.07) is 1.65. The lowest BCUT2D eigenvalue weighted by molar-refractivity contribution is 0.601. The first kappa shape index (κ1) is 13.3. The number of thiazole rings is 1. The van der Waals surface area contributed by atoms with Gasteiger partial charge in [0.25, 0.3) is 10.0 Å². The molecule has 0 amide bonds. The van der Waals surface area contributed by atoms with Crippen molar-refractivity contribution >= 4 is 38.8 Å². The number of halogens is 1. The standard InChI is InChI=1S/C9H11ClN4O2S2/c1-5-4-7(14(3)12-5)13-18(15,16)8-6(2)11-9(10)17-8/h4,13H,1-3H3. The van der Waals surface area contributed by atoms with E-state index in [1.165, 1.54) is 4.68 Å². The molecule has 0 aliphatic heterocycles. The van der Waals surface area contributed by atoms with Gasteiger partial charge in [0.2, 0.25) is 0 Å². The molecule has 1 N–H and O–H groups in total. The van der Waals surface area contributed by atoms with E-state index in [-0.39, 0.29) is 8.68 Å². The zero-order chi connectivity index (χ0) is 13.5. The third kappa shape index (κ3) is 2.50. The maximum Gasteiger partial charge on any atom is 0.274 e. The maximum absolute atomic E-state index is 12.2. The monoisotopic (exact) mass is 306 g/mol. The number of aryl methyl sites for hydroxylation is 3. The summed E-state index contributed by atoms with van der Waals surface area (Å²) in [5, 5.41) is 4.07. The van der Waals surface area contributed by atoms with Gasteiger partial charge in [0.15, 0.2) is 8.68 Å². The number of nitrogens with one attached hydrogen (secondary N) is 1. The number of rotatable bonds is 3. The minimum Gasteiger partial charge on any atom is -0.263 e. The molecule has 0 saturated carbocycles. The number of hydrogen-bond donors (Lipinski definition) is 1. The summed E-state index contributed by atoms with van der Waals surface area (Å²) in [5.74, 6) is 0.399. The van der Waals surface area contributed by atoms with E-state index in [1.54, 1.807) is 27.0 Å². The van der Waals surface area contributed by atoms with Gasteiger partial charge in [-0.2, -0.15) is 5.10 Å². The third-order valence-electron chi connectivity index (χ3n) is 2.21. The van der Waals surface area contributed by atoms with Gasteiger partial charge in [-0.15, -0.1) is 0 Å². The minimum absolute atomic E-state index is 0.117. The van der Waals surface area contributed by atoms with Crippen molar-refractivity contribution in [1.29, 1.82) is 0 Å². The molecule has 0 radical (unpaired) electrons. The summed E-state index contributed by atoms with van der Waals surface area (Å²) in [6.45, 7) is 3.39. The Morgan fingerprint density at radius 3 is 2.56 bits per heavy atom. The Hall–Kier alpha value is -1.12. The molecule has 2 rings (SSSR count). The Labute approximate surface area is 114 Å². The van der Waals surface area contributed by atoms with Crippen molar-refractivity contribution < 1.29 is 8.42 Å². The van der Waals surface area contributed by atoms with Crippen LogP contribution in [-0.4, -0.2) is 23.2 Å². The van der Waals surface area contributed by atoms with Crippen molar-refractivity contribution in [2.75, 3.05) is 4.72 Å². The third-order valence-corrected chi connectivity index (χ3v) is 5.44. The minimum atomic E-state index is -3.67. The number of nitrogens with zero attached hydrogens (tertiary/aromatic N) is 3. The number of anilines is 1. The van der Waals surface area contributed by atoms with Crippen LogP contribution in [-0.2, 0) is 17.1 Å². The molecule has 2 aromatic rings. The molecule has 0 atom stereocenters. The Morgan fingerprint density at radius 2 is 2.11 bits per heavy atom. The van der Waals surface area contributed by atoms with Crippen molar-refractivity contribution in [3.05, 3.63) is 21.9 Å². The summed E-state index contributed by atoms with van der Waals surface area (Å²) in [4.78, 5) is 3.89. The highest BCUT2D eigenvalue weighted by molar-refractivity contribution is 7.94. The fourth-order valence-corrected chi connectivity index (χ4v) is 4.31.